The minimum absolute atomic E-state index is 0.224. The molecule has 2 aliphatic rings. The number of hydrogen-bond acceptors (Lipinski definition) is 5. The van der Waals surface area contributed by atoms with Crippen LogP contribution in [0, 0.1) is 5.92 Å². The van der Waals surface area contributed by atoms with E-state index in [0.29, 0.717) is 19.8 Å². The first-order valence-corrected chi connectivity index (χ1v) is 8.15. The van der Waals surface area contributed by atoms with Crippen LogP contribution >= 0.6 is 0 Å². The number of methoxy groups -OCH3 is 1. The normalized spacial score (nSPS) is 30.4. The number of aliphatic hydroxyl groups excluding tert-OH is 1. The number of urea groups is 1. The van der Waals surface area contributed by atoms with Gasteiger partial charge in [-0.3, -0.25) is 0 Å². The van der Waals surface area contributed by atoms with Crippen molar-refractivity contribution >= 4 is 6.03 Å². The SMILES string of the molecule is COCCNC(=O)NC1COC(CN2CCC(C)CC2)C1O. The van der Waals surface area contributed by atoms with E-state index in [1.54, 1.807) is 7.11 Å². The van der Waals surface area contributed by atoms with Crippen molar-refractivity contribution in [3.63, 3.8) is 0 Å². The zero-order valence-electron chi connectivity index (χ0n) is 13.6. The van der Waals surface area contributed by atoms with Crippen molar-refractivity contribution in [1.82, 2.24) is 15.5 Å². The summed E-state index contributed by atoms with van der Waals surface area (Å²) in [5, 5.41) is 15.8. The quantitative estimate of drug-likeness (QED) is 0.591. The van der Waals surface area contributed by atoms with E-state index in [1.807, 2.05) is 0 Å². The van der Waals surface area contributed by atoms with Gasteiger partial charge < -0.3 is 30.1 Å². The summed E-state index contributed by atoms with van der Waals surface area (Å²) in [6.07, 6.45) is 1.52. The summed E-state index contributed by atoms with van der Waals surface area (Å²) < 4.78 is 10.5. The number of carbonyl (C=O) groups is 1. The topological polar surface area (TPSA) is 83.1 Å². The monoisotopic (exact) mass is 315 g/mol. The highest BCUT2D eigenvalue weighted by atomic mass is 16.5. The molecule has 0 spiro atoms. The third-order valence-electron chi connectivity index (χ3n) is 4.51. The van der Waals surface area contributed by atoms with Crippen LogP contribution in [0.5, 0.6) is 0 Å². The molecule has 3 unspecified atom stereocenters. The molecule has 0 bridgehead atoms. The van der Waals surface area contributed by atoms with Gasteiger partial charge in [0, 0.05) is 20.2 Å². The van der Waals surface area contributed by atoms with E-state index >= 15 is 0 Å². The first kappa shape index (κ1) is 17.5. The van der Waals surface area contributed by atoms with E-state index < -0.39 is 6.10 Å². The number of likely N-dealkylation sites (tertiary alicyclic amines) is 1. The Hall–Kier alpha value is -0.890. The minimum atomic E-state index is -0.660. The molecule has 7 heteroatoms. The van der Waals surface area contributed by atoms with Crippen molar-refractivity contribution in [3.8, 4) is 0 Å². The maximum Gasteiger partial charge on any atom is 0.315 e. The number of aliphatic hydroxyl groups is 1. The maximum atomic E-state index is 11.7. The molecule has 22 heavy (non-hydrogen) atoms. The Balaban J connectivity index is 1.70. The number of carbonyl (C=O) groups excluding carboxylic acids is 1. The predicted molar refractivity (Wildman–Crippen MR) is 82.8 cm³/mol. The van der Waals surface area contributed by atoms with Crippen molar-refractivity contribution < 1.29 is 19.4 Å². The Kier molecular flexibility index (Phi) is 6.88. The van der Waals surface area contributed by atoms with Gasteiger partial charge in [-0.05, 0) is 31.8 Å². The van der Waals surface area contributed by atoms with E-state index in [4.69, 9.17) is 9.47 Å². The van der Waals surface area contributed by atoms with Gasteiger partial charge in [0.25, 0.3) is 0 Å². The summed E-state index contributed by atoms with van der Waals surface area (Å²) in [7, 11) is 1.58. The number of amides is 2. The van der Waals surface area contributed by atoms with Gasteiger partial charge in [-0.25, -0.2) is 4.79 Å². The summed E-state index contributed by atoms with van der Waals surface area (Å²) in [5.74, 6) is 0.788. The molecule has 2 amide bonds. The molecule has 0 aromatic heterocycles. The minimum Gasteiger partial charge on any atom is -0.388 e. The van der Waals surface area contributed by atoms with E-state index in [1.165, 1.54) is 12.8 Å². The van der Waals surface area contributed by atoms with Crippen molar-refractivity contribution in [3.05, 3.63) is 0 Å². The van der Waals surface area contributed by atoms with E-state index in [-0.39, 0.29) is 18.2 Å². The van der Waals surface area contributed by atoms with Crippen LogP contribution in [0.25, 0.3) is 0 Å². The summed E-state index contributed by atoms with van der Waals surface area (Å²) in [6, 6.07) is -0.645. The molecule has 2 heterocycles. The summed E-state index contributed by atoms with van der Waals surface area (Å²) in [5.41, 5.74) is 0. The molecule has 2 aliphatic heterocycles. The molecule has 2 fully saturated rings. The Morgan fingerprint density at radius 2 is 2.14 bits per heavy atom. The largest absolute Gasteiger partial charge is 0.388 e. The van der Waals surface area contributed by atoms with Crippen LogP contribution in [0.1, 0.15) is 19.8 Å². The lowest BCUT2D eigenvalue weighted by Gasteiger charge is -2.32. The van der Waals surface area contributed by atoms with Crippen LogP contribution in [0.4, 0.5) is 4.79 Å². The molecule has 3 atom stereocenters. The Morgan fingerprint density at radius 1 is 1.41 bits per heavy atom. The van der Waals surface area contributed by atoms with Gasteiger partial charge in [0.05, 0.1) is 25.4 Å². The van der Waals surface area contributed by atoms with Crippen molar-refractivity contribution in [2.24, 2.45) is 5.92 Å². The van der Waals surface area contributed by atoms with Crippen LogP contribution in [-0.2, 0) is 9.47 Å². The second-order valence-electron chi connectivity index (χ2n) is 6.35. The van der Waals surface area contributed by atoms with Gasteiger partial charge in [-0.1, -0.05) is 6.92 Å². The molecule has 0 aromatic carbocycles. The Labute approximate surface area is 132 Å². The van der Waals surface area contributed by atoms with Crippen LogP contribution in [-0.4, -0.2) is 80.8 Å². The fraction of sp³-hybridized carbons (Fsp3) is 0.933. The van der Waals surface area contributed by atoms with Crippen molar-refractivity contribution in [2.45, 2.75) is 38.0 Å². The molecule has 3 N–H and O–H groups in total. The fourth-order valence-electron chi connectivity index (χ4n) is 2.96. The summed E-state index contributed by atoms with van der Waals surface area (Å²) in [6.45, 7) is 6.40. The second-order valence-corrected chi connectivity index (χ2v) is 6.35. The van der Waals surface area contributed by atoms with Crippen LogP contribution in [0.15, 0.2) is 0 Å². The lowest BCUT2D eigenvalue weighted by Crippen LogP contribution is -2.50. The first-order chi connectivity index (χ1) is 10.6. The molecule has 7 nitrogen and oxygen atoms in total. The highest BCUT2D eigenvalue weighted by Gasteiger charge is 2.37. The molecule has 0 aliphatic carbocycles. The van der Waals surface area contributed by atoms with Crippen LogP contribution in [0.3, 0.4) is 0 Å². The molecule has 0 aromatic rings. The molecule has 128 valence electrons. The number of ether oxygens (including phenoxy) is 2. The fourth-order valence-corrected chi connectivity index (χ4v) is 2.96. The average molecular weight is 315 g/mol. The van der Waals surface area contributed by atoms with Gasteiger partial charge in [0.15, 0.2) is 0 Å². The number of nitrogens with one attached hydrogen (secondary N) is 2. The highest BCUT2D eigenvalue weighted by Crippen LogP contribution is 2.20. The molecule has 2 saturated heterocycles. The summed E-state index contributed by atoms with van der Waals surface area (Å²) in [4.78, 5) is 14.0. The molecule has 0 radical (unpaired) electrons. The van der Waals surface area contributed by atoms with Crippen LogP contribution < -0.4 is 10.6 Å². The van der Waals surface area contributed by atoms with Crippen molar-refractivity contribution in [2.75, 3.05) is 46.5 Å². The van der Waals surface area contributed by atoms with Crippen LogP contribution in [0.2, 0.25) is 0 Å². The first-order valence-electron chi connectivity index (χ1n) is 8.15. The molecule has 2 rings (SSSR count). The number of nitrogens with zero attached hydrogens (tertiary/aromatic N) is 1. The zero-order valence-corrected chi connectivity index (χ0v) is 13.6. The smallest absolute Gasteiger partial charge is 0.315 e. The number of rotatable bonds is 6. The van der Waals surface area contributed by atoms with Gasteiger partial charge in [-0.2, -0.15) is 0 Å². The maximum absolute atomic E-state index is 11.7. The highest BCUT2D eigenvalue weighted by molar-refractivity contribution is 5.74. The lowest BCUT2D eigenvalue weighted by atomic mass is 9.98. The number of hydrogen-bond donors (Lipinski definition) is 3. The van der Waals surface area contributed by atoms with Gasteiger partial charge in [0.2, 0.25) is 0 Å². The predicted octanol–water partition coefficient (Wildman–Crippen LogP) is -0.208. The Morgan fingerprint density at radius 3 is 2.82 bits per heavy atom. The van der Waals surface area contributed by atoms with E-state index in [9.17, 15) is 9.90 Å². The van der Waals surface area contributed by atoms with E-state index in [0.717, 1.165) is 25.6 Å². The van der Waals surface area contributed by atoms with Gasteiger partial charge in [-0.15, -0.1) is 0 Å². The zero-order chi connectivity index (χ0) is 15.9. The van der Waals surface area contributed by atoms with Gasteiger partial charge in [0.1, 0.15) is 6.10 Å². The third-order valence-corrected chi connectivity index (χ3v) is 4.51. The Bertz CT molecular complexity index is 348. The van der Waals surface area contributed by atoms with E-state index in [2.05, 4.69) is 22.5 Å². The second kappa shape index (κ2) is 8.67. The average Bonchev–Trinajstić information content (AvgIpc) is 2.83. The van der Waals surface area contributed by atoms with Crippen molar-refractivity contribution in [1.29, 1.82) is 0 Å². The summed E-state index contributed by atoms with van der Waals surface area (Å²) >= 11 is 0. The lowest BCUT2D eigenvalue weighted by molar-refractivity contribution is 0.00880. The third kappa shape index (κ3) is 5.08. The standard InChI is InChI=1S/C15H29N3O4/c1-11-3-6-18(7-4-11)9-13-14(19)12(10-22-13)17-15(20)16-5-8-21-2/h11-14,19H,3-10H2,1-2H3,(H2,16,17,20). The molecule has 0 saturated carbocycles. The molecular formula is C15H29N3O4. The number of piperidine rings is 1. The van der Waals surface area contributed by atoms with Gasteiger partial charge >= 0.3 is 6.03 Å². The molecular weight excluding hydrogens is 286 g/mol.